The number of likely N-dealkylation sites (tertiary alicyclic amines) is 1. The van der Waals surface area contributed by atoms with Crippen LogP contribution < -0.4 is 0 Å². The predicted octanol–water partition coefficient (Wildman–Crippen LogP) is 5.88. The number of aryl methyl sites for hydroxylation is 2. The van der Waals surface area contributed by atoms with E-state index in [1.807, 2.05) is 17.9 Å². The molecule has 33 heavy (non-hydrogen) atoms. The van der Waals surface area contributed by atoms with Gasteiger partial charge in [-0.15, -0.1) is 0 Å². The van der Waals surface area contributed by atoms with Crippen molar-refractivity contribution in [1.29, 1.82) is 5.26 Å². The molecule has 180 valence electrons. The maximum absolute atomic E-state index is 12.7. The zero-order valence-corrected chi connectivity index (χ0v) is 20.3. The second-order valence-electron chi connectivity index (χ2n) is 10.6. The molecule has 5 heteroatoms. The molecule has 1 saturated carbocycles. The summed E-state index contributed by atoms with van der Waals surface area (Å²) in [5.41, 5.74) is 3.17. The van der Waals surface area contributed by atoms with E-state index in [4.69, 9.17) is 9.47 Å². The Morgan fingerprint density at radius 3 is 2.79 bits per heavy atom. The second kappa shape index (κ2) is 11.9. The lowest BCUT2D eigenvalue weighted by Gasteiger charge is -2.30. The van der Waals surface area contributed by atoms with Crippen molar-refractivity contribution in [2.24, 2.45) is 23.7 Å². The first kappa shape index (κ1) is 24.1. The number of hydrogen-bond donors (Lipinski definition) is 0. The van der Waals surface area contributed by atoms with Crippen molar-refractivity contribution in [3.05, 3.63) is 34.9 Å². The number of ether oxygens (including phenoxy) is 2. The van der Waals surface area contributed by atoms with Crippen LogP contribution in [0.5, 0.6) is 0 Å². The van der Waals surface area contributed by atoms with Gasteiger partial charge in [-0.05, 0) is 74.0 Å². The molecule has 1 aromatic rings. The molecule has 0 radical (unpaired) electrons. The second-order valence-corrected chi connectivity index (χ2v) is 10.6. The minimum atomic E-state index is -0.136. The molecule has 0 bridgehead atoms. The number of rotatable bonds is 8. The van der Waals surface area contributed by atoms with Crippen LogP contribution in [0.15, 0.2) is 18.2 Å². The summed E-state index contributed by atoms with van der Waals surface area (Å²) in [5.74, 6) is 2.41. The largest absolute Gasteiger partial charge is 0.449 e. The Balaban J connectivity index is 1.34. The third kappa shape index (κ3) is 6.73. The molecule has 2 saturated heterocycles. The number of amides is 1. The van der Waals surface area contributed by atoms with Crippen LogP contribution >= 0.6 is 0 Å². The summed E-state index contributed by atoms with van der Waals surface area (Å²) in [4.78, 5) is 14.6. The number of hydrogen-bond acceptors (Lipinski definition) is 4. The fourth-order valence-electron chi connectivity index (χ4n) is 6.09. The molecule has 1 aromatic carbocycles. The monoisotopic (exact) mass is 452 g/mol. The maximum Gasteiger partial charge on any atom is 0.409 e. The highest BCUT2D eigenvalue weighted by Gasteiger charge is 2.34. The number of nitriles is 1. The van der Waals surface area contributed by atoms with Crippen LogP contribution in [0.4, 0.5) is 4.79 Å². The summed E-state index contributed by atoms with van der Waals surface area (Å²) in [6, 6.07) is 8.54. The van der Waals surface area contributed by atoms with E-state index in [2.05, 4.69) is 18.2 Å². The van der Waals surface area contributed by atoms with Gasteiger partial charge in [0.25, 0.3) is 0 Å². The van der Waals surface area contributed by atoms with E-state index >= 15 is 0 Å². The minimum absolute atomic E-state index is 0.136. The Labute approximate surface area is 199 Å². The van der Waals surface area contributed by atoms with Crippen molar-refractivity contribution < 1.29 is 14.3 Å². The normalized spacial score (nSPS) is 24.5. The Morgan fingerprint density at radius 2 is 2.06 bits per heavy atom. The molecule has 0 N–H and O–H groups in total. The molecule has 3 unspecified atom stereocenters. The number of nitrogens with zero attached hydrogens (tertiary/aromatic N) is 2. The number of carbonyl (C=O) groups excluding carboxylic acids is 1. The summed E-state index contributed by atoms with van der Waals surface area (Å²) in [5, 5.41) is 9.22. The quantitative estimate of drug-likeness (QED) is 0.494. The Kier molecular flexibility index (Phi) is 8.67. The lowest BCUT2D eigenvalue weighted by atomic mass is 9.76. The molecule has 1 amide bonds. The van der Waals surface area contributed by atoms with Crippen LogP contribution in [-0.4, -0.2) is 43.9 Å². The van der Waals surface area contributed by atoms with Crippen LogP contribution in [0.3, 0.4) is 0 Å². The summed E-state index contributed by atoms with van der Waals surface area (Å²) in [6.45, 7) is 5.68. The lowest BCUT2D eigenvalue weighted by Crippen LogP contribution is -2.32. The molecule has 5 nitrogen and oxygen atoms in total. The van der Waals surface area contributed by atoms with Crippen LogP contribution in [0.1, 0.15) is 74.5 Å². The SMILES string of the molecule is Cc1cc(CCC(CC2CCCCC2)C2CCN(C(=O)OCC3CCOC3)C2)ccc1C#N. The van der Waals surface area contributed by atoms with Gasteiger partial charge in [0.15, 0.2) is 0 Å². The van der Waals surface area contributed by atoms with Crippen LogP contribution in [-0.2, 0) is 15.9 Å². The van der Waals surface area contributed by atoms with Gasteiger partial charge in [-0.3, -0.25) is 0 Å². The first-order valence-electron chi connectivity index (χ1n) is 13.1. The van der Waals surface area contributed by atoms with Crippen molar-refractivity contribution in [3.63, 3.8) is 0 Å². The van der Waals surface area contributed by atoms with Crippen molar-refractivity contribution in [2.75, 3.05) is 32.9 Å². The first-order valence-corrected chi connectivity index (χ1v) is 13.1. The molecule has 3 aliphatic rings. The first-order chi connectivity index (χ1) is 16.1. The standard InChI is InChI=1S/C28H40N2O3/c1-21-15-23(8-10-26(21)17-29)7-9-25(16-22-5-3-2-4-6-22)27-11-13-30(18-27)28(31)33-20-24-12-14-32-19-24/h8,10,15,22,24-25,27H,2-7,9,11-14,16,18-20H2,1H3. The summed E-state index contributed by atoms with van der Waals surface area (Å²) < 4.78 is 11.0. The van der Waals surface area contributed by atoms with E-state index in [0.717, 1.165) is 62.4 Å². The Bertz CT molecular complexity index is 821. The van der Waals surface area contributed by atoms with Crippen molar-refractivity contribution in [2.45, 2.75) is 71.1 Å². The average molecular weight is 453 g/mol. The van der Waals surface area contributed by atoms with Crippen molar-refractivity contribution in [3.8, 4) is 6.07 Å². The van der Waals surface area contributed by atoms with E-state index in [9.17, 15) is 10.1 Å². The maximum atomic E-state index is 12.7. The molecular weight excluding hydrogens is 412 g/mol. The minimum Gasteiger partial charge on any atom is -0.449 e. The molecule has 1 aliphatic carbocycles. The fourth-order valence-corrected chi connectivity index (χ4v) is 6.09. The van der Waals surface area contributed by atoms with Gasteiger partial charge in [-0.1, -0.05) is 44.2 Å². The molecule has 2 aliphatic heterocycles. The van der Waals surface area contributed by atoms with Crippen LogP contribution in [0.25, 0.3) is 0 Å². The zero-order valence-electron chi connectivity index (χ0n) is 20.3. The van der Waals surface area contributed by atoms with Crippen LogP contribution in [0, 0.1) is 41.9 Å². The highest BCUT2D eigenvalue weighted by Crippen LogP contribution is 2.37. The molecule has 0 spiro atoms. The highest BCUT2D eigenvalue weighted by atomic mass is 16.6. The van der Waals surface area contributed by atoms with E-state index in [0.29, 0.717) is 31.0 Å². The summed E-state index contributed by atoms with van der Waals surface area (Å²) >= 11 is 0. The highest BCUT2D eigenvalue weighted by molar-refractivity contribution is 5.68. The molecular formula is C28H40N2O3. The van der Waals surface area contributed by atoms with Crippen molar-refractivity contribution in [1.82, 2.24) is 4.90 Å². The predicted molar refractivity (Wildman–Crippen MR) is 129 cm³/mol. The smallest absolute Gasteiger partial charge is 0.409 e. The molecule has 2 heterocycles. The van der Waals surface area contributed by atoms with E-state index in [-0.39, 0.29) is 6.09 Å². The summed E-state index contributed by atoms with van der Waals surface area (Å²) in [7, 11) is 0. The van der Waals surface area contributed by atoms with E-state index < -0.39 is 0 Å². The zero-order chi connectivity index (χ0) is 23.0. The van der Waals surface area contributed by atoms with Crippen molar-refractivity contribution >= 4 is 6.09 Å². The van der Waals surface area contributed by atoms with Gasteiger partial charge in [0.1, 0.15) is 0 Å². The average Bonchev–Trinajstić information content (AvgIpc) is 3.53. The molecule has 4 rings (SSSR count). The number of carbonyl (C=O) groups is 1. The van der Waals surface area contributed by atoms with Gasteiger partial charge in [-0.25, -0.2) is 4.79 Å². The molecule has 0 aromatic heterocycles. The number of benzene rings is 1. The van der Waals surface area contributed by atoms with E-state index in [1.165, 1.54) is 44.1 Å². The van der Waals surface area contributed by atoms with Gasteiger partial charge in [-0.2, -0.15) is 5.26 Å². The fraction of sp³-hybridized carbons (Fsp3) is 0.714. The van der Waals surface area contributed by atoms with Gasteiger partial charge in [0.05, 0.1) is 24.8 Å². The Hall–Kier alpha value is -2.06. The molecule has 3 fully saturated rings. The molecule has 3 atom stereocenters. The Morgan fingerprint density at radius 1 is 1.21 bits per heavy atom. The van der Waals surface area contributed by atoms with Gasteiger partial charge < -0.3 is 14.4 Å². The van der Waals surface area contributed by atoms with Gasteiger partial charge >= 0.3 is 6.09 Å². The topological polar surface area (TPSA) is 62.6 Å². The van der Waals surface area contributed by atoms with Crippen LogP contribution in [0.2, 0.25) is 0 Å². The lowest BCUT2D eigenvalue weighted by molar-refractivity contribution is 0.0871. The third-order valence-electron chi connectivity index (χ3n) is 8.19. The van der Waals surface area contributed by atoms with Gasteiger partial charge in [0, 0.05) is 25.6 Å². The van der Waals surface area contributed by atoms with Gasteiger partial charge in [0.2, 0.25) is 0 Å². The summed E-state index contributed by atoms with van der Waals surface area (Å²) in [6.07, 6.45) is 12.3. The third-order valence-corrected chi connectivity index (χ3v) is 8.19. The van der Waals surface area contributed by atoms with E-state index in [1.54, 1.807) is 0 Å².